The maximum absolute atomic E-state index is 13.3. The van der Waals surface area contributed by atoms with Gasteiger partial charge in [-0.1, -0.05) is 26.3 Å². The smallest absolute Gasteiger partial charge is 0.226 e. The Bertz CT molecular complexity index is 707. The summed E-state index contributed by atoms with van der Waals surface area (Å²) in [4.78, 5) is 13.3. The van der Waals surface area contributed by atoms with Crippen molar-refractivity contribution in [1.82, 2.24) is 10.6 Å². The summed E-state index contributed by atoms with van der Waals surface area (Å²) in [7, 11) is 0. The SMILES string of the molecule is C[C@]1(C(=O)NCCCNCCCCN)CCC[C@]2(C)c3cc(O)ccc3CC[C@@H]12. The number of carbonyl (C=O) groups excluding carboxylic acids is 1. The second-order valence-corrected chi connectivity index (χ2v) is 9.48. The average molecular weight is 402 g/mol. The molecule has 0 radical (unpaired) electrons. The fourth-order valence-corrected chi connectivity index (χ4v) is 5.86. The summed E-state index contributed by atoms with van der Waals surface area (Å²) in [5, 5.41) is 16.7. The van der Waals surface area contributed by atoms with Crippen LogP contribution in [0.1, 0.15) is 69.9 Å². The number of aryl methyl sites for hydroxylation is 1. The van der Waals surface area contributed by atoms with Gasteiger partial charge in [-0.15, -0.1) is 0 Å². The van der Waals surface area contributed by atoms with E-state index in [-0.39, 0.29) is 16.7 Å². The second kappa shape index (κ2) is 9.48. The number of fused-ring (bicyclic) bond motifs is 3. The average Bonchev–Trinajstić information content (AvgIpc) is 2.70. The van der Waals surface area contributed by atoms with E-state index >= 15 is 0 Å². The van der Waals surface area contributed by atoms with E-state index in [1.807, 2.05) is 6.07 Å². The molecular formula is C24H39N3O2. The number of hydrogen-bond acceptors (Lipinski definition) is 4. The van der Waals surface area contributed by atoms with Crippen molar-refractivity contribution in [3.63, 3.8) is 0 Å². The van der Waals surface area contributed by atoms with Gasteiger partial charge in [-0.05, 0) is 99.2 Å². The Kier molecular flexibility index (Phi) is 7.23. The highest BCUT2D eigenvalue weighted by atomic mass is 16.3. The summed E-state index contributed by atoms with van der Waals surface area (Å²) >= 11 is 0. The lowest BCUT2D eigenvalue weighted by atomic mass is 9.49. The van der Waals surface area contributed by atoms with Crippen LogP contribution >= 0.6 is 0 Å². The zero-order valence-electron chi connectivity index (χ0n) is 18.2. The van der Waals surface area contributed by atoms with Gasteiger partial charge in [0.2, 0.25) is 5.91 Å². The van der Waals surface area contributed by atoms with Crippen LogP contribution in [0, 0.1) is 11.3 Å². The fraction of sp³-hybridized carbons (Fsp3) is 0.708. The van der Waals surface area contributed by atoms with Gasteiger partial charge >= 0.3 is 0 Å². The standard InChI is InChI=1S/C24H39N3O2/c1-23-11-5-12-24(2,22(29)27-16-6-15-26-14-4-3-13-25)21(23)10-8-18-7-9-19(28)17-20(18)23/h7,9,17,21,26,28H,3-6,8,10-16,25H2,1-2H3,(H,27,29)/t21-,23-,24+/m1/s1. The van der Waals surface area contributed by atoms with Crippen molar-refractivity contribution in [1.29, 1.82) is 0 Å². The molecule has 5 N–H and O–H groups in total. The van der Waals surface area contributed by atoms with Crippen LogP contribution in [-0.4, -0.2) is 37.2 Å². The summed E-state index contributed by atoms with van der Waals surface area (Å²) in [6.07, 6.45) is 8.24. The van der Waals surface area contributed by atoms with Crippen LogP contribution in [0.4, 0.5) is 0 Å². The Morgan fingerprint density at radius 1 is 1.17 bits per heavy atom. The molecular weight excluding hydrogens is 362 g/mol. The first kappa shape index (κ1) is 22.1. The first-order chi connectivity index (χ1) is 13.9. The van der Waals surface area contributed by atoms with E-state index in [1.165, 1.54) is 11.1 Å². The molecule has 1 amide bonds. The molecule has 2 aliphatic carbocycles. The van der Waals surface area contributed by atoms with Crippen molar-refractivity contribution in [2.45, 2.75) is 70.6 Å². The molecule has 0 bridgehead atoms. The number of hydrogen-bond donors (Lipinski definition) is 4. The Balaban J connectivity index is 1.60. The molecule has 0 saturated heterocycles. The van der Waals surface area contributed by atoms with Crippen molar-refractivity contribution in [2.24, 2.45) is 17.1 Å². The van der Waals surface area contributed by atoms with Crippen molar-refractivity contribution in [3.8, 4) is 5.75 Å². The van der Waals surface area contributed by atoms with Gasteiger partial charge in [0.05, 0.1) is 5.41 Å². The van der Waals surface area contributed by atoms with Crippen LogP contribution in [0.2, 0.25) is 0 Å². The van der Waals surface area contributed by atoms with Gasteiger partial charge in [0, 0.05) is 6.54 Å². The lowest BCUT2D eigenvalue weighted by Gasteiger charge is -2.54. The summed E-state index contributed by atoms with van der Waals surface area (Å²) in [5.74, 6) is 0.855. The number of rotatable bonds is 9. The molecule has 29 heavy (non-hydrogen) atoms. The van der Waals surface area contributed by atoms with Gasteiger partial charge in [0.15, 0.2) is 0 Å². The molecule has 1 aromatic carbocycles. The maximum atomic E-state index is 13.3. The quantitative estimate of drug-likeness (QED) is 0.479. The molecule has 3 rings (SSSR count). The van der Waals surface area contributed by atoms with E-state index < -0.39 is 0 Å². The molecule has 162 valence electrons. The lowest BCUT2D eigenvalue weighted by molar-refractivity contribution is -0.138. The third kappa shape index (κ3) is 4.61. The summed E-state index contributed by atoms with van der Waals surface area (Å²) in [6, 6.07) is 5.81. The van der Waals surface area contributed by atoms with Crippen LogP contribution in [0.5, 0.6) is 5.75 Å². The predicted molar refractivity (Wildman–Crippen MR) is 118 cm³/mol. The molecule has 1 fully saturated rings. The molecule has 0 spiro atoms. The van der Waals surface area contributed by atoms with Crippen molar-refractivity contribution in [2.75, 3.05) is 26.2 Å². The topological polar surface area (TPSA) is 87.4 Å². The molecule has 0 aromatic heterocycles. The van der Waals surface area contributed by atoms with Gasteiger partial charge in [0.1, 0.15) is 5.75 Å². The predicted octanol–water partition coefficient (Wildman–Crippen LogP) is 3.24. The lowest BCUT2D eigenvalue weighted by Crippen LogP contribution is -2.55. The van der Waals surface area contributed by atoms with Crippen molar-refractivity contribution < 1.29 is 9.90 Å². The molecule has 5 heteroatoms. The van der Waals surface area contributed by atoms with E-state index in [9.17, 15) is 9.90 Å². The van der Waals surface area contributed by atoms with E-state index in [0.717, 1.165) is 77.5 Å². The van der Waals surface area contributed by atoms with Crippen LogP contribution in [0.3, 0.4) is 0 Å². The minimum absolute atomic E-state index is 0.0405. The number of carbonyl (C=O) groups is 1. The number of phenolic OH excluding ortho intramolecular Hbond substituents is 1. The van der Waals surface area contributed by atoms with Crippen LogP contribution < -0.4 is 16.4 Å². The minimum atomic E-state index is -0.343. The van der Waals surface area contributed by atoms with Gasteiger partial charge < -0.3 is 21.5 Å². The highest BCUT2D eigenvalue weighted by molar-refractivity contribution is 5.83. The minimum Gasteiger partial charge on any atom is -0.508 e. The maximum Gasteiger partial charge on any atom is 0.226 e. The monoisotopic (exact) mass is 401 g/mol. The Morgan fingerprint density at radius 3 is 2.76 bits per heavy atom. The van der Waals surface area contributed by atoms with Crippen molar-refractivity contribution >= 4 is 5.91 Å². The number of aromatic hydroxyl groups is 1. The summed E-state index contributed by atoms with van der Waals surface area (Å²) in [6.45, 7) is 7.87. The molecule has 0 aliphatic heterocycles. The van der Waals surface area contributed by atoms with Crippen LogP contribution in [-0.2, 0) is 16.6 Å². The normalized spacial score (nSPS) is 28.4. The highest BCUT2D eigenvalue weighted by Crippen LogP contribution is 2.57. The Labute approximate surface area is 175 Å². The van der Waals surface area contributed by atoms with Crippen molar-refractivity contribution in [3.05, 3.63) is 29.3 Å². The van der Waals surface area contributed by atoms with E-state index in [2.05, 4.69) is 30.5 Å². The molecule has 0 heterocycles. The Morgan fingerprint density at radius 2 is 1.97 bits per heavy atom. The number of amides is 1. The Hall–Kier alpha value is -1.59. The first-order valence-corrected chi connectivity index (χ1v) is 11.4. The van der Waals surface area contributed by atoms with Crippen LogP contribution in [0.15, 0.2) is 18.2 Å². The van der Waals surface area contributed by atoms with E-state index in [0.29, 0.717) is 11.7 Å². The summed E-state index contributed by atoms with van der Waals surface area (Å²) < 4.78 is 0. The van der Waals surface area contributed by atoms with Gasteiger partial charge in [-0.2, -0.15) is 0 Å². The highest BCUT2D eigenvalue weighted by Gasteiger charge is 2.54. The van der Waals surface area contributed by atoms with E-state index in [4.69, 9.17) is 5.73 Å². The number of benzene rings is 1. The number of phenols is 1. The van der Waals surface area contributed by atoms with Gasteiger partial charge in [0.25, 0.3) is 0 Å². The fourth-order valence-electron chi connectivity index (χ4n) is 5.86. The number of unbranched alkanes of at least 4 members (excludes halogenated alkanes) is 1. The third-order valence-corrected chi connectivity index (χ3v) is 7.48. The first-order valence-electron chi connectivity index (χ1n) is 11.4. The molecule has 5 nitrogen and oxygen atoms in total. The molecule has 3 atom stereocenters. The number of nitrogens with two attached hydrogens (primary N) is 1. The summed E-state index contributed by atoms with van der Waals surface area (Å²) in [5.41, 5.74) is 7.72. The largest absolute Gasteiger partial charge is 0.508 e. The third-order valence-electron chi connectivity index (χ3n) is 7.48. The van der Waals surface area contributed by atoms with Gasteiger partial charge in [-0.25, -0.2) is 0 Å². The number of nitrogens with one attached hydrogen (secondary N) is 2. The molecule has 1 aromatic rings. The second-order valence-electron chi connectivity index (χ2n) is 9.48. The van der Waals surface area contributed by atoms with Gasteiger partial charge in [-0.3, -0.25) is 4.79 Å². The zero-order chi connectivity index (χ0) is 20.9. The zero-order valence-corrected chi connectivity index (χ0v) is 18.2. The molecule has 0 unspecified atom stereocenters. The molecule has 2 aliphatic rings. The molecule has 1 saturated carbocycles. The van der Waals surface area contributed by atoms with Crippen LogP contribution in [0.25, 0.3) is 0 Å². The van der Waals surface area contributed by atoms with E-state index in [1.54, 1.807) is 6.07 Å².